The Morgan fingerprint density at radius 2 is 2.05 bits per heavy atom. The minimum absolute atomic E-state index is 0.0523. The molecule has 1 aromatic rings. The number of hydrogen-bond acceptors (Lipinski definition) is 4. The first-order valence-electron chi connectivity index (χ1n) is 8.15. The molecular formula is C17H27N3O2. The highest BCUT2D eigenvalue weighted by Crippen LogP contribution is 2.26. The number of hydrogen-bond donors (Lipinski definition) is 2. The van der Waals surface area contributed by atoms with Crippen LogP contribution in [0.5, 0.6) is 0 Å². The zero-order valence-corrected chi connectivity index (χ0v) is 13.6. The second-order valence-electron chi connectivity index (χ2n) is 5.68. The van der Waals surface area contributed by atoms with Crippen LogP contribution in [-0.2, 0) is 9.53 Å². The first kappa shape index (κ1) is 16.8. The van der Waals surface area contributed by atoms with Crippen LogP contribution in [0.3, 0.4) is 0 Å². The quantitative estimate of drug-likeness (QED) is 0.811. The van der Waals surface area contributed by atoms with Gasteiger partial charge in [0.05, 0.1) is 24.6 Å². The van der Waals surface area contributed by atoms with E-state index in [1.807, 2.05) is 18.2 Å². The highest BCUT2D eigenvalue weighted by atomic mass is 16.5. The molecule has 0 aromatic heterocycles. The van der Waals surface area contributed by atoms with Crippen LogP contribution < -0.4 is 15.5 Å². The Bertz CT molecular complexity index is 473. The summed E-state index contributed by atoms with van der Waals surface area (Å²) in [6, 6.07) is 8.43. The van der Waals surface area contributed by atoms with E-state index >= 15 is 0 Å². The van der Waals surface area contributed by atoms with Crippen LogP contribution >= 0.6 is 0 Å². The number of morpholine rings is 1. The number of ether oxygens (including phenoxy) is 1. The Hall–Kier alpha value is -1.59. The molecule has 122 valence electrons. The topological polar surface area (TPSA) is 53.6 Å². The van der Waals surface area contributed by atoms with Crippen LogP contribution in [0.4, 0.5) is 11.4 Å². The van der Waals surface area contributed by atoms with Gasteiger partial charge in [0, 0.05) is 32.1 Å². The molecule has 2 rings (SSSR count). The molecule has 1 unspecified atom stereocenters. The predicted molar refractivity (Wildman–Crippen MR) is 90.5 cm³/mol. The number of nitrogens with one attached hydrogen (secondary N) is 2. The Labute approximate surface area is 133 Å². The average molecular weight is 305 g/mol. The summed E-state index contributed by atoms with van der Waals surface area (Å²) in [5.41, 5.74) is 1.96. The van der Waals surface area contributed by atoms with Gasteiger partial charge in [-0.2, -0.15) is 0 Å². The summed E-state index contributed by atoms with van der Waals surface area (Å²) >= 11 is 0. The molecule has 1 atom stereocenters. The smallest absolute Gasteiger partial charge is 0.225 e. The zero-order valence-electron chi connectivity index (χ0n) is 13.6. The summed E-state index contributed by atoms with van der Waals surface area (Å²) in [6.45, 7) is 8.18. The summed E-state index contributed by atoms with van der Waals surface area (Å²) in [6.07, 6.45) is 1.56. The van der Waals surface area contributed by atoms with Gasteiger partial charge in [0.1, 0.15) is 0 Å². The molecular weight excluding hydrogens is 278 g/mol. The van der Waals surface area contributed by atoms with Crippen LogP contribution in [0.15, 0.2) is 24.3 Å². The number of carbonyl (C=O) groups is 1. The third-order valence-corrected chi connectivity index (χ3v) is 3.99. The highest BCUT2D eigenvalue weighted by Gasteiger charge is 2.15. The normalized spacial score (nSPS) is 16.4. The van der Waals surface area contributed by atoms with Gasteiger partial charge < -0.3 is 20.3 Å². The lowest BCUT2D eigenvalue weighted by Gasteiger charge is -2.30. The summed E-state index contributed by atoms with van der Waals surface area (Å²) < 4.78 is 5.39. The average Bonchev–Trinajstić information content (AvgIpc) is 2.56. The Balaban J connectivity index is 1.90. The molecule has 0 saturated carbocycles. The molecule has 0 aliphatic carbocycles. The fraction of sp³-hybridized carbons (Fsp3) is 0.588. The number of carbonyl (C=O) groups excluding carboxylic acids is 1. The van der Waals surface area contributed by atoms with Crippen LogP contribution in [0.1, 0.15) is 26.7 Å². The van der Waals surface area contributed by atoms with E-state index < -0.39 is 0 Å². The second-order valence-corrected chi connectivity index (χ2v) is 5.68. The van der Waals surface area contributed by atoms with Crippen LogP contribution in [0.25, 0.3) is 0 Å². The molecule has 1 amide bonds. The molecule has 0 radical (unpaired) electrons. The minimum atomic E-state index is 0.0523. The van der Waals surface area contributed by atoms with E-state index in [1.165, 1.54) is 0 Å². The first-order chi connectivity index (χ1) is 10.7. The summed E-state index contributed by atoms with van der Waals surface area (Å²) in [5, 5.41) is 6.38. The lowest BCUT2D eigenvalue weighted by Crippen LogP contribution is -2.36. The third-order valence-electron chi connectivity index (χ3n) is 3.99. The lowest BCUT2D eigenvalue weighted by atomic mass is 10.2. The van der Waals surface area contributed by atoms with Crippen LogP contribution in [0, 0.1) is 0 Å². The van der Waals surface area contributed by atoms with Gasteiger partial charge in [-0.05, 0) is 25.5 Å². The molecule has 1 aliphatic rings. The van der Waals surface area contributed by atoms with Crippen LogP contribution in [0.2, 0.25) is 0 Å². The van der Waals surface area contributed by atoms with E-state index in [2.05, 4.69) is 35.4 Å². The lowest BCUT2D eigenvalue weighted by molar-refractivity contribution is -0.116. The van der Waals surface area contributed by atoms with Crippen molar-refractivity contribution in [1.82, 2.24) is 5.32 Å². The fourth-order valence-corrected chi connectivity index (χ4v) is 2.45. The molecule has 0 bridgehead atoms. The van der Waals surface area contributed by atoms with Gasteiger partial charge in [-0.1, -0.05) is 19.1 Å². The van der Waals surface area contributed by atoms with E-state index in [0.29, 0.717) is 19.0 Å². The van der Waals surface area contributed by atoms with E-state index in [4.69, 9.17) is 4.74 Å². The molecule has 5 nitrogen and oxygen atoms in total. The Morgan fingerprint density at radius 3 is 2.77 bits per heavy atom. The number of amides is 1. The molecule has 1 aliphatic heterocycles. The van der Waals surface area contributed by atoms with Crippen molar-refractivity contribution in [1.29, 1.82) is 0 Å². The number of rotatable bonds is 7. The predicted octanol–water partition coefficient (Wildman–Crippen LogP) is 2.24. The van der Waals surface area contributed by atoms with E-state index in [-0.39, 0.29) is 5.91 Å². The monoisotopic (exact) mass is 305 g/mol. The summed E-state index contributed by atoms with van der Waals surface area (Å²) in [7, 11) is 0. The van der Waals surface area contributed by atoms with Gasteiger partial charge in [0.2, 0.25) is 5.91 Å². The van der Waals surface area contributed by atoms with Gasteiger partial charge in [-0.15, -0.1) is 0 Å². The van der Waals surface area contributed by atoms with E-state index in [0.717, 1.165) is 44.1 Å². The molecule has 1 fully saturated rings. The largest absolute Gasteiger partial charge is 0.378 e. The summed E-state index contributed by atoms with van der Waals surface area (Å²) in [5.74, 6) is 0.0523. The standard InChI is InChI=1S/C17H27N3O2/c1-3-14(2)18-9-8-17(21)19-15-6-4-5-7-16(15)20-10-12-22-13-11-20/h4-7,14,18H,3,8-13H2,1-2H3,(H,19,21). The van der Waals surface area contributed by atoms with Crippen molar-refractivity contribution in [3.63, 3.8) is 0 Å². The van der Waals surface area contributed by atoms with Gasteiger partial charge >= 0.3 is 0 Å². The van der Waals surface area contributed by atoms with E-state index in [9.17, 15) is 4.79 Å². The maximum atomic E-state index is 12.1. The van der Waals surface area contributed by atoms with Crippen molar-refractivity contribution < 1.29 is 9.53 Å². The van der Waals surface area contributed by atoms with Gasteiger partial charge in [0.15, 0.2) is 0 Å². The van der Waals surface area contributed by atoms with Crippen molar-refractivity contribution >= 4 is 17.3 Å². The molecule has 0 spiro atoms. The van der Waals surface area contributed by atoms with Crippen molar-refractivity contribution in [2.24, 2.45) is 0 Å². The third kappa shape index (κ3) is 5.00. The molecule has 5 heteroatoms. The number of anilines is 2. The maximum Gasteiger partial charge on any atom is 0.225 e. The summed E-state index contributed by atoms with van der Waals surface area (Å²) in [4.78, 5) is 14.4. The van der Waals surface area contributed by atoms with Crippen molar-refractivity contribution in [3.8, 4) is 0 Å². The number of nitrogens with zero attached hydrogens (tertiary/aromatic N) is 1. The zero-order chi connectivity index (χ0) is 15.8. The maximum absolute atomic E-state index is 12.1. The molecule has 2 N–H and O–H groups in total. The molecule has 1 heterocycles. The molecule has 22 heavy (non-hydrogen) atoms. The number of benzene rings is 1. The molecule has 1 aromatic carbocycles. The van der Waals surface area contributed by atoms with Crippen molar-refractivity contribution in [2.45, 2.75) is 32.7 Å². The first-order valence-corrected chi connectivity index (χ1v) is 8.15. The Morgan fingerprint density at radius 1 is 1.32 bits per heavy atom. The minimum Gasteiger partial charge on any atom is -0.378 e. The van der Waals surface area contributed by atoms with Crippen LogP contribution in [-0.4, -0.2) is 44.8 Å². The van der Waals surface area contributed by atoms with Gasteiger partial charge in [0.25, 0.3) is 0 Å². The molecule has 1 saturated heterocycles. The van der Waals surface area contributed by atoms with Gasteiger partial charge in [-0.25, -0.2) is 0 Å². The van der Waals surface area contributed by atoms with E-state index in [1.54, 1.807) is 0 Å². The SMILES string of the molecule is CCC(C)NCCC(=O)Nc1ccccc1N1CCOCC1. The van der Waals surface area contributed by atoms with Gasteiger partial charge in [-0.3, -0.25) is 4.79 Å². The van der Waals surface area contributed by atoms with Crippen molar-refractivity contribution in [3.05, 3.63) is 24.3 Å². The number of para-hydroxylation sites is 2. The fourth-order valence-electron chi connectivity index (χ4n) is 2.45. The highest BCUT2D eigenvalue weighted by molar-refractivity contribution is 5.94. The van der Waals surface area contributed by atoms with Crippen molar-refractivity contribution in [2.75, 3.05) is 43.1 Å². The second kappa shape index (κ2) is 8.76. The Kier molecular flexibility index (Phi) is 6.68.